The number of rotatable bonds is 2. The zero-order valence-corrected chi connectivity index (χ0v) is 13.0. The highest BCUT2D eigenvalue weighted by atomic mass is 19.4. The molecule has 1 aromatic rings. The van der Waals surface area contributed by atoms with E-state index in [0.717, 1.165) is 31.6 Å². The molecule has 3 rings (SSSR count). The molecule has 0 saturated carbocycles. The lowest BCUT2D eigenvalue weighted by molar-refractivity contribution is -0.137. The Balaban J connectivity index is 1.67. The van der Waals surface area contributed by atoms with Gasteiger partial charge in [0, 0.05) is 24.7 Å². The molecule has 2 aliphatic rings. The minimum atomic E-state index is -4.42. The predicted molar refractivity (Wildman–Crippen MR) is 81.2 cm³/mol. The van der Waals surface area contributed by atoms with Gasteiger partial charge in [-0.1, -0.05) is 12.5 Å². The maximum atomic E-state index is 12.8. The van der Waals surface area contributed by atoms with Crippen LogP contribution in [0.3, 0.4) is 0 Å². The van der Waals surface area contributed by atoms with Crippen LogP contribution >= 0.6 is 0 Å². The third kappa shape index (κ3) is 3.68. The number of carbonyl (C=O) groups excluding carboxylic acids is 1. The first-order chi connectivity index (χ1) is 10.9. The van der Waals surface area contributed by atoms with Gasteiger partial charge in [-0.2, -0.15) is 13.2 Å². The summed E-state index contributed by atoms with van der Waals surface area (Å²) < 4.78 is 38.3. The maximum Gasteiger partial charge on any atom is 0.416 e. The average Bonchev–Trinajstić information content (AvgIpc) is 3.04. The molecule has 2 heterocycles. The largest absolute Gasteiger partial charge is 0.416 e. The Bertz CT molecular complexity index is 567. The summed E-state index contributed by atoms with van der Waals surface area (Å²) in [5.74, 6) is -0.296. The van der Waals surface area contributed by atoms with Crippen molar-refractivity contribution in [1.29, 1.82) is 0 Å². The number of hydrogen-bond donors (Lipinski definition) is 0. The van der Waals surface area contributed by atoms with Crippen molar-refractivity contribution in [3.63, 3.8) is 0 Å². The van der Waals surface area contributed by atoms with Crippen LogP contribution in [0, 0.1) is 0 Å². The molecule has 0 N–H and O–H groups in total. The van der Waals surface area contributed by atoms with Crippen LogP contribution in [0.4, 0.5) is 13.2 Å². The van der Waals surface area contributed by atoms with Crippen molar-refractivity contribution in [2.24, 2.45) is 0 Å². The van der Waals surface area contributed by atoms with Gasteiger partial charge in [-0.05, 0) is 50.6 Å². The fraction of sp³-hybridized carbons (Fsp3) is 0.588. The van der Waals surface area contributed by atoms with E-state index < -0.39 is 11.7 Å². The van der Waals surface area contributed by atoms with Gasteiger partial charge in [-0.3, -0.25) is 9.69 Å². The minimum Gasteiger partial charge on any atom is -0.337 e. The molecule has 0 aliphatic carbocycles. The standard InChI is InChI=1S/C17H21F3N2O/c18-17(19,20)14-6-4-5-13(11-14)16(23)22-10-7-15(12-22)21-8-2-1-3-9-21/h4-6,11,15H,1-3,7-10,12H2/t15-/m1/s1. The van der Waals surface area contributed by atoms with Gasteiger partial charge in [0.2, 0.25) is 0 Å². The molecule has 23 heavy (non-hydrogen) atoms. The average molecular weight is 326 g/mol. The molecule has 0 aromatic heterocycles. The number of benzene rings is 1. The fourth-order valence-corrected chi connectivity index (χ4v) is 3.52. The van der Waals surface area contributed by atoms with Gasteiger partial charge < -0.3 is 4.90 Å². The van der Waals surface area contributed by atoms with Crippen LogP contribution in [0.25, 0.3) is 0 Å². The number of alkyl halides is 3. The van der Waals surface area contributed by atoms with Crippen LogP contribution in [0.1, 0.15) is 41.6 Å². The van der Waals surface area contributed by atoms with Crippen molar-refractivity contribution in [3.05, 3.63) is 35.4 Å². The number of piperidine rings is 1. The first kappa shape index (κ1) is 16.3. The van der Waals surface area contributed by atoms with Crippen LogP contribution in [0.15, 0.2) is 24.3 Å². The van der Waals surface area contributed by atoms with Crippen molar-refractivity contribution in [1.82, 2.24) is 9.80 Å². The van der Waals surface area contributed by atoms with Crippen LogP contribution < -0.4 is 0 Å². The van der Waals surface area contributed by atoms with Crippen LogP contribution in [-0.4, -0.2) is 47.9 Å². The Morgan fingerprint density at radius 2 is 1.83 bits per heavy atom. The van der Waals surface area contributed by atoms with Crippen LogP contribution in [0.5, 0.6) is 0 Å². The molecule has 2 fully saturated rings. The zero-order valence-electron chi connectivity index (χ0n) is 13.0. The molecular formula is C17H21F3N2O. The van der Waals surface area contributed by atoms with Crippen LogP contribution in [0.2, 0.25) is 0 Å². The van der Waals surface area contributed by atoms with Gasteiger partial charge in [0.25, 0.3) is 5.91 Å². The summed E-state index contributed by atoms with van der Waals surface area (Å²) in [4.78, 5) is 16.6. The molecule has 6 heteroatoms. The smallest absolute Gasteiger partial charge is 0.337 e. The van der Waals surface area contributed by atoms with E-state index in [1.54, 1.807) is 4.90 Å². The molecule has 2 aliphatic heterocycles. The second kappa shape index (κ2) is 6.51. The van der Waals surface area contributed by atoms with E-state index in [2.05, 4.69) is 4.90 Å². The molecule has 0 unspecified atom stereocenters. The fourth-order valence-electron chi connectivity index (χ4n) is 3.52. The van der Waals surface area contributed by atoms with Crippen molar-refractivity contribution in [2.45, 2.75) is 37.9 Å². The van der Waals surface area contributed by atoms with Crippen molar-refractivity contribution in [2.75, 3.05) is 26.2 Å². The Morgan fingerprint density at radius 3 is 2.52 bits per heavy atom. The highest BCUT2D eigenvalue weighted by Crippen LogP contribution is 2.30. The van der Waals surface area contributed by atoms with E-state index in [1.165, 1.54) is 31.4 Å². The summed E-state index contributed by atoms with van der Waals surface area (Å²) in [6, 6.07) is 5.07. The van der Waals surface area contributed by atoms with Gasteiger partial charge in [-0.15, -0.1) is 0 Å². The number of carbonyl (C=O) groups is 1. The molecule has 0 spiro atoms. The Morgan fingerprint density at radius 1 is 1.09 bits per heavy atom. The van der Waals surface area contributed by atoms with E-state index in [-0.39, 0.29) is 11.5 Å². The second-order valence-electron chi connectivity index (χ2n) is 6.37. The number of amides is 1. The lowest BCUT2D eigenvalue weighted by atomic mass is 10.1. The van der Waals surface area contributed by atoms with Crippen molar-refractivity contribution in [3.8, 4) is 0 Å². The molecule has 126 valence electrons. The van der Waals surface area contributed by atoms with Gasteiger partial charge in [0.15, 0.2) is 0 Å². The predicted octanol–water partition coefficient (Wildman–Crippen LogP) is 3.41. The molecule has 0 bridgehead atoms. The van der Waals surface area contributed by atoms with E-state index in [4.69, 9.17) is 0 Å². The van der Waals surface area contributed by atoms with E-state index in [1.807, 2.05) is 0 Å². The quantitative estimate of drug-likeness (QED) is 0.831. The maximum absolute atomic E-state index is 12.8. The number of nitrogens with zero attached hydrogens (tertiary/aromatic N) is 2. The van der Waals surface area contributed by atoms with E-state index in [9.17, 15) is 18.0 Å². The normalized spacial score (nSPS) is 23.3. The summed E-state index contributed by atoms with van der Waals surface area (Å²) >= 11 is 0. The van der Waals surface area contributed by atoms with Crippen molar-refractivity contribution < 1.29 is 18.0 Å². The van der Waals surface area contributed by atoms with E-state index in [0.29, 0.717) is 19.1 Å². The lowest BCUT2D eigenvalue weighted by Crippen LogP contribution is -2.41. The summed E-state index contributed by atoms with van der Waals surface area (Å²) in [5.41, 5.74) is -0.644. The van der Waals surface area contributed by atoms with Gasteiger partial charge in [0.1, 0.15) is 0 Å². The number of halogens is 3. The highest BCUT2D eigenvalue weighted by molar-refractivity contribution is 5.94. The molecule has 1 amide bonds. The SMILES string of the molecule is O=C(c1cccc(C(F)(F)F)c1)N1CC[C@@H](N2CCCCC2)C1. The van der Waals surface area contributed by atoms with Crippen LogP contribution in [-0.2, 0) is 6.18 Å². The zero-order chi connectivity index (χ0) is 16.4. The first-order valence-electron chi connectivity index (χ1n) is 8.16. The Labute approximate surface area is 134 Å². The Kier molecular flexibility index (Phi) is 4.62. The third-order valence-corrected chi connectivity index (χ3v) is 4.79. The van der Waals surface area contributed by atoms with Gasteiger partial charge in [-0.25, -0.2) is 0 Å². The minimum absolute atomic E-state index is 0.124. The third-order valence-electron chi connectivity index (χ3n) is 4.79. The molecular weight excluding hydrogens is 305 g/mol. The summed E-state index contributed by atoms with van der Waals surface area (Å²) in [5, 5.41) is 0. The molecule has 3 nitrogen and oxygen atoms in total. The second-order valence-corrected chi connectivity index (χ2v) is 6.37. The number of likely N-dealkylation sites (tertiary alicyclic amines) is 2. The first-order valence-corrected chi connectivity index (χ1v) is 8.16. The molecule has 0 radical (unpaired) electrons. The Hall–Kier alpha value is -1.56. The van der Waals surface area contributed by atoms with Gasteiger partial charge >= 0.3 is 6.18 Å². The number of hydrogen-bond acceptors (Lipinski definition) is 2. The molecule has 1 aromatic carbocycles. The molecule has 1 atom stereocenters. The van der Waals surface area contributed by atoms with Gasteiger partial charge in [0.05, 0.1) is 5.56 Å². The lowest BCUT2D eigenvalue weighted by Gasteiger charge is -2.32. The van der Waals surface area contributed by atoms with E-state index >= 15 is 0 Å². The topological polar surface area (TPSA) is 23.6 Å². The summed E-state index contributed by atoms with van der Waals surface area (Å²) in [7, 11) is 0. The highest BCUT2D eigenvalue weighted by Gasteiger charge is 2.34. The summed E-state index contributed by atoms with van der Waals surface area (Å²) in [6.45, 7) is 3.37. The van der Waals surface area contributed by atoms with Crippen molar-refractivity contribution >= 4 is 5.91 Å². The molecule has 2 saturated heterocycles. The monoisotopic (exact) mass is 326 g/mol. The summed E-state index contributed by atoms with van der Waals surface area (Å²) in [6.07, 6.45) is 0.134.